The van der Waals surface area contributed by atoms with Crippen LogP contribution in [0.3, 0.4) is 0 Å². The van der Waals surface area contributed by atoms with Crippen LogP contribution in [0.4, 0.5) is 0 Å². The van der Waals surface area contributed by atoms with Crippen molar-refractivity contribution in [3.8, 4) is 0 Å². The summed E-state index contributed by atoms with van der Waals surface area (Å²) in [5.74, 6) is -13.8. The van der Waals surface area contributed by atoms with Gasteiger partial charge >= 0.3 is 236 Å². The molecule has 47 nitrogen and oxygen atoms in total. The van der Waals surface area contributed by atoms with Gasteiger partial charge in [0.25, 0.3) is 0 Å². The summed E-state index contributed by atoms with van der Waals surface area (Å²) >= 11 is 7.03. The minimum atomic E-state index is -2.35. The van der Waals surface area contributed by atoms with Crippen LogP contribution in [0, 0.1) is 0 Å². The first-order valence-electron chi connectivity index (χ1n) is 40.3. The number of aliphatic hydroxyl groups excluding tert-OH is 16. The summed E-state index contributed by atoms with van der Waals surface area (Å²) in [6.07, 6.45) is -84.1. The summed E-state index contributed by atoms with van der Waals surface area (Å²) in [5, 5.41) is 277. The summed E-state index contributed by atoms with van der Waals surface area (Å²) in [6.45, 7) is 3.38. The standard InChI is InChI=1S/C73H113O46S8.8Na.H2O/c1-27(75)3-12-121-20-29-59-43(89)51(97)67(105-29)114-60-31(22-123-14-5-37(78)79)107-69(53(99)45(60)91)116-62-33(24-125-16-7-39(82)83)109-71(55(101)47(62)93)118-64-35(26-127-18-9-41(86)87)111-73(57(103)49(64)95)119-65-34(25-126-17-8-40(84)85)110-72(56(102)48(65)94)117-63-32(23-124-15-6-38(80)81)108-70(54(100)46(63)92)115-61-30(21-122-13-4-36(76)77)106-68(52(98)44(61)90)112-58-28(19-120-11-2-10-74)104-66(113-59)50(96)42(58)88;;;;;;;;;/h28-35,42-73,75,88-103H,1-9,11-26H2,(H,76,77)(H,78,79)(H,80,81)(H,82,83)(H,84,85)(H,86,87);;;;;;;;;1H2/q-1;8*+1;/p-8/t28-,29-,30-,31-,32-,33-,34-,35-,42-,43-,44-,45-,46-,47-,48-,49-,50-,51-,52-,53-,54-,55-,56-,57-,58-,59-,60-,61-,62-,63-,64-,65-,66-,67-,68-,69-,70-,71-,72-,73-;;;;;;;;;/m1........./s1. The third kappa shape index (κ3) is 42.0. The number of thioether (sulfide) groups is 8. The Kier molecular flexibility index (Phi) is 74.4. The fraction of sp³-hybridized carbons (Fsp3) is 0.877. The van der Waals surface area contributed by atoms with Crippen LogP contribution >= 0.6 is 94.1 Å². The van der Waals surface area contributed by atoms with E-state index in [0.29, 0.717) is 0 Å². The van der Waals surface area contributed by atoms with Gasteiger partial charge in [0.15, 0.2) is 50.3 Å². The number of carbonyl (C=O) groups is 6. The van der Waals surface area contributed by atoms with Gasteiger partial charge in [-0.25, -0.2) is 0 Å². The van der Waals surface area contributed by atoms with Crippen molar-refractivity contribution in [1.29, 1.82) is 0 Å². The summed E-state index contributed by atoms with van der Waals surface area (Å²) in [5.41, 5.74) is 0. The summed E-state index contributed by atoms with van der Waals surface area (Å²) in [6, 6.07) is 0. The Morgan fingerprint density at radius 2 is 0.346 bits per heavy atom. The van der Waals surface area contributed by atoms with Gasteiger partial charge in [-0.15, -0.1) is 18.8 Å². The first kappa shape index (κ1) is 142. The number of ether oxygens (including phenoxy) is 16. The number of carboxylic acid groups (broad SMARTS) is 6. The maximum atomic E-state index is 12.3. The van der Waals surface area contributed by atoms with Crippen LogP contribution in [-0.4, -0.2) is 467 Å². The van der Waals surface area contributed by atoms with Crippen LogP contribution in [0.1, 0.15) is 51.4 Å². The number of aliphatic carboxylic acids is 6. The number of carbonyl (C=O) groups excluding carboxylic acids is 7. The Morgan fingerprint density at radius 3 is 0.463 bits per heavy atom. The van der Waals surface area contributed by atoms with E-state index in [1.54, 1.807) is 6.29 Å². The van der Waals surface area contributed by atoms with Gasteiger partial charge in [0, 0.05) is 81.8 Å². The number of hydrogen-bond donors (Lipinski definition) is 16. The van der Waals surface area contributed by atoms with Gasteiger partial charge in [-0.3, -0.25) is 6.29 Å². The van der Waals surface area contributed by atoms with Crippen LogP contribution in [0.5, 0.6) is 0 Å². The molecule has 17 N–H and O–H groups in total. The van der Waals surface area contributed by atoms with Crippen LogP contribution in [-0.2, 0) is 109 Å². The van der Waals surface area contributed by atoms with E-state index in [-0.39, 0.29) is 312 Å². The summed E-state index contributed by atoms with van der Waals surface area (Å²) < 4.78 is 100. The fourth-order valence-corrected chi connectivity index (χ4v) is 22.4. The van der Waals surface area contributed by atoms with Gasteiger partial charge in [0.2, 0.25) is 0 Å². The van der Waals surface area contributed by atoms with E-state index in [1.165, 1.54) is 0 Å². The largest absolute Gasteiger partial charge is 1.00 e. The maximum absolute atomic E-state index is 12.3. The Bertz CT molecular complexity index is 3280. The van der Waals surface area contributed by atoms with Gasteiger partial charge < -0.3 is 232 Å². The second-order valence-electron chi connectivity index (χ2n) is 30.5. The van der Waals surface area contributed by atoms with E-state index in [0.717, 1.165) is 94.1 Å². The normalized spacial score (nSPS) is 39.0. The van der Waals surface area contributed by atoms with Crippen LogP contribution in [0.25, 0.3) is 0 Å². The maximum Gasteiger partial charge on any atom is 1.00 e. The second-order valence-corrected chi connectivity index (χ2v) is 39.7. The molecule has 40 atom stereocenters. The van der Waals surface area contributed by atoms with Crippen molar-refractivity contribution in [2.24, 2.45) is 0 Å². The molecule has 0 saturated carbocycles. The predicted octanol–water partition coefficient (Wildman–Crippen LogP) is -40.0. The molecule has 0 radical (unpaired) electrons. The van der Waals surface area contributed by atoms with E-state index in [9.17, 15) is 151 Å². The molecule has 0 aliphatic carbocycles. The smallest absolute Gasteiger partial charge is 0.876 e. The molecule has 0 unspecified atom stereocenters. The molecule has 30 saturated heterocycles. The third-order valence-electron chi connectivity index (χ3n) is 21.3. The van der Waals surface area contributed by atoms with Gasteiger partial charge in [0.1, 0.15) is 146 Å². The molecule has 0 aromatic carbocycles. The average molecular weight is 2180 g/mol. The Labute approximate surface area is 992 Å². The van der Waals surface area contributed by atoms with Crippen molar-refractivity contribution in [1.82, 2.24) is 0 Å². The molecular weight excluding hydrogens is 2070 g/mol. The van der Waals surface area contributed by atoms with E-state index >= 15 is 0 Å². The Hall–Kier alpha value is 5.51. The van der Waals surface area contributed by atoms with Crippen molar-refractivity contribution in [3.05, 3.63) is 12.3 Å². The zero-order chi connectivity index (χ0) is 92.8. The Morgan fingerprint density at radius 1 is 0.221 bits per heavy atom. The Balaban J connectivity index is 0.0000202. The van der Waals surface area contributed by atoms with Gasteiger partial charge in [-0.05, 0) is 91.0 Å². The zero-order valence-corrected chi connectivity index (χ0v) is 98.4. The minimum absolute atomic E-state index is 0. The molecule has 63 heteroatoms. The van der Waals surface area contributed by atoms with E-state index < -0.39 is 360 Å². The van der Waals surface area contributed by atoms with Crippen molar-refractivity contribution in [2.75, 3.05) is 92.0 Å². The minimum Gasteiger partial charge on any atom is -0.876 e. The van der Waals surface area contributed by atoms with Crippen molar-refractivity contribution in [2.45, 2.75) is 297 Å². The van der Waals surface area contributed by atoms with Crippen LogP contribution in [0.2, 0.25) is 0 Å². The van der Waals surface area contributed by atoms with Gasteiger partial charge in [-0.2, -0.15) is 94.1 Å². The first-order chi connectivity index (χ1) is 60.4. The van der Waals surface area contributed by atoms with Crippen LogP contribution < -0.4 is 272 Å². The number of allylic oxidation sites excluding steroid dienone is 1. The van der Waals surface area contributed by atoms with Crippen molar-refractivity contribution < 1.29 is 469 Å². The average Bonchev–Trinajstić information content (AvgIpc) is 0.735. The molecule has 30 aliphatic rings. The molecule has 30 fully saturated rings. The molecule has 30 aliphatic heterocycles. The molecule has 738 valence electrons. The topological polar surface area (TPSA) is 782 Å². The molecule has 16 bridgehead atoms. The molecule has 30 heterocycles. The number of aliphatic hydroxyl groups is 16. The van der Waals surface area contributed by atoms with Gasteiger partial charge in [0.05, 0.1) is 48.8 Å². The predicted molar refractivity (Wildman–Crippen MR) is 427 cm³/mol. The number of carboxylic acids is 6. The molecule has 0 amide bonds. The molecule has 0 aromatic rings. The summed E-state index contributed by atoms with van der Waals surface area (Å²) in [7, 11) is 0. The number of hydrogen-bond acceptors (Lipinski definition) is 55. The second kappa shape index (κ2) is 71.5. The fourth-order valence-electron chi connectivity index (χ4n) is 14.6. The number of rotatable bonds is 40. The van der Waals surface area contributed by atoms with Gasteiger partial charge in [-0.1, -0.05) is 0 Å². The molecule has 30 rings (SSSR count). The van der Waals surface area contributed by atoms with E-state index in [2.05, 4.69) is 6.58 Å². The monoisotopic (exact) mass is 2180 g/mol. The summed E-state index contributed by atoms with van der Waals surface area (Å²) in [4.78, 5) is 81.5. The van der Waals surface area contributed by atoms with Crippen LogP contribution in [0.15, 0.2) is 12.3 Å². The quantitative estimate of drug-likeness (QED) is 0.0117. The molecule has 0 spiro atoms. The first-order valence-corrected chi connectivity index (χ1v) is 49.5. The van der Waals surface area contributed by atoms with Crippen molar-refractivity contribution in [3.63, 3.8) is 0 Å². The van der Waals surface area contributed by atoms with E-state index in [1.807, 2.05) is 0 Å². The zero-order valence-electron chi connectivity index (χ0n) is 75.9. The van der Waals surface area contributed by atoms with E-state index in [4.69, 9.17) is 75.8 Å². The SMILES string of the molecule is C=C([O-])CCSC[C@H]1O[C@@H]2O[C@H]3[C@H](O)[C@@H](O)[C@@H](O[C@H]4[C@H](O)[C@@H](O)[C@@H](O[C@H]5[C@H](O)[C@@H](O)[C@@H](O[C@H]6[C@H](O)[C@@H](O)[C@@H](O[C@H]7[C@H](O)[C@@H](O)[C@@H](O[C@H]8[C@H](O)[C@@H](O)[C@@H](O[C@H]9[C@H](O)[C@@H](O)[C@@H](O[C@H]1[C@H](O)[C@H]2O)O[C@@H]9CSCC[C-]=O)O[C@@H]8CSCCC(=O)[O-])O[C@@H]7CSCCC(=O)[O-])O[C@@H]6CSCCC(=O)[O-])O[C@@H]5CSCCC(=O)[O-])O[C@@H]4CSCCC(=O)[O-])O[C@@H]3CSCCC(=O)[O-].[Na+].[Na+].[Na+].[Na+].[Na+].[Na+].[Na+].[Na+].[OH-]. The third-order valence-corrected chi connectivity index (χ3v) is 29.7. The molecular formula is C73H107Na8O47S8-. The molecule has 0 aromatic heterocycles. The molecule has 136 heavy (non-hydrogen) atoms. The van der Waals surface area contributed by atoms with Crippen molar-refractivity contribution >= 4 is 136 Å².